The highest BCUT2D eigenvalue weighted by molar-refractivity contribution is 6.06. The van der Waals surface area contributed by atoms with Crippen LogP contribution in [0.25, 0.3) is 0 Å². The molecule has 0 saturated heterocycles. The Morgan fingerprint density at radius 1 is 1.12 bits per heavy atom. The van der Waals surface area contributed by atoms with Gasteiger partial charge in [-0.2, -0.15) is 0 Å². The number of amides is 2. The lowest BCUT2D eigenvalue weighted by atomic mass is 10.0. The Morgan fingerprint density at radius 3 is 2.69 bits per heavy atom. The number of pyridine rings is 1. The lowest BCUT2D eigenvalue weighted by molar-refractivity contribution is 0.0981. The summed E-state index contributed by atoms with van der Waals surface area (Å²) in [6, 6.07) is 11.1. The van der Waals surface area contributed by atoms with E-state index in [1.165, 1.54) is 18.3 Å². The molecule has 2 heterocycles. The molecule has 0 bridgehead atoms. The predicted molar refractivity (Wildman–Crippen MR) is 116 cm³/mol. The van der Waals surface area contributed by atoms with E-state index in [1.807, 2.05) is 25.1 Å². The molecule has 6 nitrogen and oxygen atoms in total. The number of carbonyl (C=O) groups excluding carboxylic acids is 2. The topological polar surface area (TPSA) is 82.5 Å². The SMILES string of the molecule is Cc1ccc2c(c1)C(O)CCCN2C(=O)c1ccc(NC(=O)c2cc(F)ccc2F)cn1. The maximum Gasteiger partial charge on any atom is 0.276 e. The summed E-state index contributed by atoms with van der Waals surface area (Å²) in [7, 11) is 0. The number of rotatable bonds is 3. The van der Waals surface area contributed by atoms with E-state index in [9.17, 15) is 23.5 Å². The van der Waals surface area contributed by atoms with Crippen LogP contribution in [0.3, 0.4) is 0 Å². The van der Waals surface area contributed by atoms with Crippen LogP contribution >= 0.6 is 0 Å². The van der Waals surface area contributed by atoms with Crippen LogP contribution in [0.4, 0.5) is 20.2 Å². The number of hydrogen-bond donors (Lipinski definition) is 2. The monoisotopic (exact) mass is 437 g/mol. The van der Waals surface area contributed by atoms with Crippen LogP contribution in [0.5, 0.6) is 0 Å². The number of nitrogens with zero attached hydrogens (tertiary/aromatic N) is 2. The van der Waals surface area contributed by atoms with E-state index in [2.05, 4.69) is 10.3 Å². The van der Waals surface area contributed by atoms with Crippen molar-refractivity contribution in [3.8, 4) is 0 Å². The van der Waals surface area contributed by atoms with Crippen LogP contribution in [-0.2, 0) is 0 Å². The van der Waals surface area contributed by atoms with Gasteiger partial charge < -0.3 is 15.3 Å². The molecular formula is C24H21F2N3O3. The standard InChI is InChI=1S/C24H21F2N3O3/c1-14-4-9-21-18(11-14)22(30)3-2-10-29(21)24(32)20-8-6-16(13-27-20)28-23(31)17-12-15(25)5-7-19(17)26/h4-9,11-13,22,30H,2-3,10H2,1H3,(H,28,31). The number of fused-ring (bicyclic) bond motifs is 1. The van der Waals surface area contributed by atoms with Gasteiger partial charge in [-0.15, -0.1) is 0 Å². The zero-order valence-electron chi connectivity index (χ0n) is 17.3. The number of hydrogen-bond acceptors (Lipinski definition) is 4. The van der Waals surface area contributed by atoms with Crippen LogP contribution in [0.2, 0.25) is 0 Å². The minimum atomic E-state index is -0.846. The molecule has 2 amide bonds. The van der Waals surface area contributed by atoms with Gasteiger partial charge in [-0.1, -0.05) is 17.7 Å². The Kier molecular flexibility index (Phi) is 5.96. The molecule has 1 unspecified atom stereocenters. The van der Waals surface area contributed by atoms with E-state index < -0.39 is 29.2 Å². The van der Waals surface area contributed by atoms with Crippen molar-refractivity contribution in [3.05, 3.63) is 88.7 Å². The van der Waals surface area contributed by atoms with Gasteiger partial charge in [0.25, 0.3) is 11.8 Å². The zero-order valence-corrected chi connectivity index (χ0v) is 17.3. The number of carbonyl (C=O) groups is 2. The van der Waals surface area contributed by atoms with Gasteiger partial charge in [0.1, 0.15) is 17.3 Å². The number of nitrogens with one attached hydrogen (secondary N) is 1. The van der Waals surface area contributed by atoms with Gasteiger partial charge in [-0.3, -0.25) is 9.59 Å². The molecule has 0 radical (unpaired) electrons. The normalized spacial score (nSPS) is 15.6. The van der Waals surface area contributed by atoms with Gasteiger partial charge >= 0.3 is 0 Å². The van der Waals surface area contributed by atoms with Gasteiger partial charge in [0.05, 0.1) is 23.6 Å². The second-order valence-electron chi connectivity index (χ2n) is 7.69. The molecular weight excluding hydrogens is 416 g/mol. The smallest absolute Gasteiger partial charge is 0.276 e. The molecule has 2 N–H and O–H groups in total. The molecule has 1 aliphatic rings. The molecule has 4 rings (SSSR count). The van der Waals surface area contributed by atoms with Crippen LogP contribution in [-0.4, -0.2) is 28.4 Å². The molecule has 164 valence electrons. The average Bonchev–Trinajstić information content (AvgIpc) is 2.94. The van der Waals surface area contributed by atoms with Crippen molar-refractivity contribution in [1.29, 1.82) is 0 Å². The maximum absolute atomic E-state index is 13.8. The van der Waals surface area contributed by atoms with E-state index in [-0.39, 0.29) is 17.3 Å². The Hall–Kier alpha value is -3.65. The third kappa shape index (κ3) is 4.36. The molecule has 2 aromatic carbocycles. The third-order valence-corrected chi connectivity index (χ3v) is 5.35. The number of aromatic nitrogens is 1. The highest BCUT2D eigenvalue weighted by Crippen LogP contribution is 2.34. The van der Waals surface area contributed by atoms with E-state index in [1.54, 1.807) is 4.90 Å². The molecule has 0 spiro atoms. The van der Waals surface area contributed by atoms with Gasteiger partial charge in [0.15, 0.2) is 0 Å². The maximum atomic E-state index is 13.8. The first-order chi connectivity index (χ1) is 15.3. The van der Waals surface area contributed by atoms with Gasteiger partial charge in [0.2, 0.25) is 0 Å². The van der Waals surface area contributed by atoms with Crippen molar-refractivity contribution >= 4 is 23.2 Å². The molecule has 1 aromatic heterocycles. The third-order valence-electron chi connectivity index (χ3n) is 5.35. The number of anilines is 2. The van der Waals surface area contributed by atoms with Crippen molar-refractivity contribution in [2.45, 2.75) is 25.9 Å². The van der Waals surface area contributed by atoms with Crippen LogP contribution < -0.4 is 10.2 Å². The Labute approximate surface area is 183 Å². The Balaban J connectivity index is 1.54. The minimum Gasteiger partial charge on any atom is -0.388 e. The number of benzene rings is 2. The second kappa shape index (κ2) is 8.84. The molecule has 0 aliphatic carbocycles. The summed E-state index contributed by atoms with van der Waals surface area (Å²) in [5.41, 5.74) is 2.30. The zero-order chi connectivity index (χ0) is 22.8. The molecule has 32 heavy (non-hydrogen) atoms. The van der Waals surface area contributed by atoms with E-state index in [0.717, 1.165) is 23.8 Å². The van der Waals surface area contributed by atoms with Crippen LogP contribution in [0.15, 0.2) is 54.7 Å². The fourth-order valence-corrected chi connectivity index (χ4v) is 3.72. The minimum absolute atomic E-state index is 0.155. The fraction of sp³-hybridized carbons (Fsp3) is 0.208. The Bertz CT molecular complexity index is 1180. The number of aliphatic hydroxyl groups excluding tert-OH is 1. The van der Waals surface area contributed by atoms with Gasteiger partial charge in [-0.25, -0.2) is 13.8 Å². The summed E-state index contributed by atoms with van der Waals surface area (Å²) in [5, 5.41) is 12.9. The Morgan fingerprint density at radius 2 is 1.94 bits per heavy atom. The molecule has 3 aromatic rings. The first-order valence-corrected chi connectivity index (χ1v) is 10.2. The molecule has 1 aliphatic heterocycles. The summed E-state index contributed by atoms with van der Waals surface area (Å²) in [5.74, 6) is -2.73. The largest absolute Gasteiger partial charge is 0.388 e. The number of aryl methyl sites for hydroxylation is 1. The van der Waals surface area contributed by atoms with E-state index in [4.69, 9.17) is 0 Å². The summed E-state index contributed by atoms with van der Waals surface area (Å²) < 4.78 is 27.1. The van der Waals surface area contributed by atoms with Crippen LogP contribution in [0, 0.1) is 18.6 Å². The summed E-state index contributed by atoms with van der Waals surface area (Å²) in [6.45, 7) is 2.36. The van der Waals surface area contributed by atoms with Crippen molar-refractivity contribution in [2.75, 3.05) is 16.8 Å². The lowest BCUT2D eigenvalue weighted by Crippen LogP contribution is -2.32. The average molecular weight is 437 g/mol. The van der Waals surface area contributed by atoms with Gasteiger partial charge in [-0.05, 0) is 56.2 Å². The van der Waals surface area contributed by atoms with E-state index in [0.29, 0.717) is 30.6 Å². The molecule has 0 fully saturated rings. The highest BCUT2D eigenvalue weighted by Gasteiger charge is 2.27. The van der Waals surface area contributed by atoms with Crippen molar-refractivity contribution in [1.82, 2.24) is 4.98 Å². The fourth-order valence-electron chi connectivity index (χ4n) is 3.72. The molecule has 0 saturated carbocycles. The summed E-state index contributed by atoms with van der Waals surface area (Å²) in [4.78, 5) is 31.1. The summed E-state index contributed by atoms with van der Waals surface area (Å²) >= 11 is 0. The molecule has 8 heteroatoms. The first kappa shape index (κ1) is 21.6. The van der Waals surface area contributed by atoms with Crippen LogP contribution in [0.1, 0.15) is 50.9 Å². The number of aliphatic hydroxyl groups is 1. The van der Waals surface area contributed by atoms with Crippen molar-refractivity contribution < 1.29 is 23.5 Å². The second-order valence-corrected chi connectivity index (χ2v) is 7.69. The highest BCUT2D eigenvalue weighted by atomic mass is 19.1. The van der Waals surface area contributed by atoms with Gasteiger partial charge in [0, 0.05) is 17.8 Å². The van der Waals surface area contributed by atoms with E-state index >= 15 is 0 Å². The quantitative estimate of drug-likeness (QED) is 0.637. The predicted octanol–water partition coefficient (Wildman–Crippen LogP) is 4.39. The number of halogens is 2. The summed E-state index contributed by atoms with van der Waals surface area (Å²) in [6.07, 6.45) is 1.82. The van der Waals surface area contributed by atoms with Crippen molar-refractivity contribution in [3.63, 3.8) is 0 Å². The molecule has 1 atom stereocenters. The lowest BCUT2D eigenvalue weighted by Gasteiger charge is -2.23. The van der Waals surface area contributed by atoms with Crippen molar-refractivity contribution in [2.24, 2.45) is 0 Å². The first-order valence-electron chi connectivity index (χ1n) is 10.2.